The molecule has 0 aromatic carbocycles. The highest BCUT2D eigenvalue weighted by Crippen LogP contribution is 2.19. The predicted molar refractivity (Wildman–Crippen MR) is 77.5 cm³/mol. The first-order valence-corrected chi connectivity index (χ1v) is 7.10. The quantitative estimate of drug-likeness (QED) is 0.330. The first-order valence-electron chi connectivity index (χ1n) is 6.29. The van der Waals surface area contributed by atoms with Gasteiger partial charge >= 0.3 is 0 Å². The first kappa shape index (κ1) is 14.9. The minimum absolute atomic E-state index is 0.109. The zero-order chi connectivity index (χ0) is 13.5. The summed E-state index contributed by atoms with van der Waals surface area (Å²) in [6.07, 6.45) is 2.95. The molecule has 0 saturated carbocycles. The van der Waals surface area contributed by atoms with Gasteiger partial charge in [-0.15, -0.1) is 11.3 Å². The molecule has 6 heteroatoms. The van der Waals surface area contributed by atoms with Crippen LogP contribution in [0.15, 0.2) is 11.2 Å². The number of hydrogen-bond acceptors (Lipinski definition) is 4. The normalized spacial score (nSPS) is 13.8. The van der Waals surface area contributed by atoms with Crippen molar-refractivity contribution in [3.63, 3.8) is 0 Å². The number of guanidine groups is 1. The molecule has 0 aliphatic heterocycles. The molecule has 0 aliphatic carbocycles. The van der Waals surface area contributed by atoms with E-state index in [0.29, 0.717) is 11.9 Å². The molecule has 1 atom stereocenters. The minimum atomic E-state index is 0.109. The molecule has 1 aromatic heterocycles. The van der Waals surface area contributed by atoms with Gasteiger partial charge < -0.3 is 5.32 Å². The summed E-state index contributed by atoms with van der Waals surface area (Å²) in [5.74, 6) is 6.58. The molecule has 0 radical (unpaired) electrons. The van der Waals surface area contributed by atoms with Gasteiger partial charge in [0.05, 0.1) is 6.04 Å². The highest BCUT2D eigenvalue weighted by Gasteiger charge is 2.11. The van der Waals surface area contributed by atoms with Crippen LogP contribution >= 0.6 is 11.3 Å². The Kier molecular flexibility index (Phi) is 6.07. The monoisotopic (exact) mass is 269 g/mol. The van der Waals surface area contributed by atoms with E-state index in [1.54, 1.807) is 11.3 Å². The first-order chi connectivity index (χ1) is 8.56. The Morgan fingerprint density at radius 2 is 2.22 bits per heavy atom. The van der Waals surface area contributed by atoms with Crippen LogP contribution in [0, 0.1) is 5.92 Å². The molecule has 0 aliphatic rings. The van der Waals surface area contributed by atoms with Gasteiger partial charge in [0.2, 0.25) is 5.96 Å². The number of rotatable bonds is 5. The molecular formula is C12H23N5S. The minimum Gasteiger partial charge on any atom is -0.346 e. The van der Waals surface area contributed by atoms with E-state index < -0.39 is 0 Å². The zero-order valence-electron chi connectivity index (χ0n) is 11.5. The third kappa shape index (κ3) is 4.62. The van der Waals surface area contributed by atoms with Gasteiger partial charge in [0.1, 0.15) is 5.01 Å². The lowest BCUT2D eigenvalue weighted by Crippen LogP contribution is -2.42. The van der Waals surface area contributed by atoms with Crippen molar-refractivity contribution in [2.24, 2.45) is 16.8 Å². The smallest absolute Gasteiger partial charge is 0.206 e. The van der Waals surface area contributed by atoms with Crippen LogP contribution in [0.4, 0.5) is 0 Å². The van der Waals surface area contributed by atoms with Gasteiger partial charge in [0.15, 0.2) is 0 Å². The van der Waals surface area contributed by atoms with E-state index in [0.717, 1.165) is 18.0 Å². The maximum absolute atomic E-state index is 5.46. The van der Waals surface area contributed by atoms with E-state index in [4.69, 9.17) is 5.84 Å². The summed E-state index contributed by atoms with van der Waals surface area (Å²) in [6.45, 7) is 9.18. The molecule has 4 N–H and O–H groups in total. The van der Waals surface area contributed by atoms with Gasteiger partial charge in [0, 0.05) is 17.6 Å². The Balaban J connectivity index is 2.61. The molecule has 0 bridgehead atoms. The van der Waals surface area contributed by atoms with Gasteiger partial charge in [-0.3, -0.25) is 10.4 Å². The third-order valence-electron chi connectivity index (χ3n) is 2.39. The fraction of sp³-hybridized carbons (Fsp3) is 0.667. The van der Waals surface area contributed by atoms with E-state index in [1.165, 1.54) is 4.88 Å². The number of aromatic nitrogens is 1. The number of thiazole rings is 1. The fourth-order valence-electron chi connectivity index (χ4n) is 1.36. The maximum Gasteiger partial charge on any atom is 0.206 e. The van der Waals surface area contributed by atoms with Crippen LogP contribution in [0.2, 0.25) is 0 Å². The van der Waals surface area contributed by atoms with Crippen molar-refractivity contribution in [1.82, 2.24) is 15.7 Å². The molecule has 1 aromatic rings. The topological polar surface area (TPSA) is 75.3 Å². The standard InChI is InChI=1S/C12H23N5S/c1-5-10-7-14-11(18-10)9(4)16-12(17-13)15-6-8(2)3/h7-9H,5-6,13H2,1-4H3,(H2,15,16,17). The van der Waals surface area contributed by atoms with Crippen molar-refractivity contribution >= 4 is 17.3 Å². The number of hydrogen-bond donors (Lipinski definition) is 3. The van der Waals surface area contributed by atoms with Gasteiger partial charge in [-0.25, -0.2) is 10.8 Å². The molecule has 102 valence electrons. The number of nitrogens with two attached hydrogens (primary N) is 1. The molecule has 0 amide bonds. The van der Waals surface area contributed by atoms with Crippen LogP contribution in [-0.2, 0) is 6.42 Å². The highest BCUT2D eigenvalue weighted by molar-refractivity contribution is 7.11. The Hall–Kier alpha value is -1.14. The van der Waals surface area contributed by atoms with Crippen molar-refractivity contribution in [1.29, 1.82) is 0 Å². The summed E-state index contributed by atoms with van der Waals surface area (Å²) in [5, 5.41) is 4.29. The average molecular weight is 269 g/mol. The van der Waals surface area contributed by atoms with Gasteiger partial charge in [-0.05, 0) is 19.3 Å². The lowest BCUT2D eigenvalue weighted by atomic mass is 10.2. The molecule has 1 unspecified atom stereocenters. The van der Waals surface area contributed by atoms with E-state index in [2.05, 4.69) is 48.4 Å². The summed E-state index contributed by atoms with van der Waals surface area (Å²) < 4.78 is 0. The summed E-state index contributed by atoms with van der Waals surface area (Å²) in [4.78, 5) is 10.1. The SMILES string of the molecule is CCc1cnc(C(C)NC(=NCC(C)C)NN)s1. The molecule has 18 heavy (non-hydrogen) atoms. The second kappa shape index (κ2) is 7.33. The Morgan fingerprint density at radius 1 is 1.50 bits per heavy atom. The number of nitrogens with zero attached hydrogens (tertiary/aromatic N) is 2. The van der Waals surface area contributed by atoms with Crippen LogP contribution in [0.25, 0.3) is 0 Å². The lowest BCUT2D eigenvalue weighted by molar-refractivity contribution is 0.641. The van der Waals surface area contributed by atoms with E-state index in [-0.39, 0.29) is 6.04 Å². The molecule has 0 fully saturated rings. The molecular weight excluding hydrogens is 246 g/mol. The van der Waals surface area contributed by atoms with Crippen LogP contribution in [0.1, 0.15) is 43.6 Å². The maximum atomic E-state index is 5.46. The van der Waals surface area contributed by atoms with Crippen molar-refractivity contribution in [2.45, 2.75) is 40.2 Å². The van der Waals surface area contributed by atoms with Gasteiger partial charge in [0.25, 0.3) is 0 Å². The van der Waals surface area contributed by atoms with Crippen molar-refractivity contribution < 1.29 is 0 Å². The number of aliphatic imine (C=N–C) groups is 1. The Morgan fingerprint density at radius 3 is 2.72 bits per heavy atom. The van der Waals surface area contributed by atoms with Crippen molar-refractivity contribution in [3.8, 4) is 0 Å². The van der Waals surface area contributed by atoms with Crippen LogP contribution in [-0.4, -0.2) is 17.5 Å². The fourth-order valence-corrected chi connectivity index (χ4v) is 2.22. The van der Waals surface area contributed by atoms with Gasteiger partial charge in [-0.1, -0.05) is 20.8 Å². The Bertz CT molecular complexity index is 386. The largest absolute Gasteiger partial charge is 0.346 e. The average Bonchev–Trinajstić information content (AvgIpc) is 2.82. The number of aryl methyl sites for hydroxylation is 1. The summed E-state index contributed by atoms with van der Waals surface area (Å²) in [5.41, 5.74) is 2.59. The van der Waals surface area contributed by atoms with E-state index in [1.807, 2.05) is 6.20 Å². The van der Waals surface area contributed by atoms with Gasteiger partial charge in [-0.2, -0.15) is 0 Å². The van der Waals surface area contributed by atoms with Crippen LogP contribution in [0.3, 0.4) is 0 Å². The summed E-state index contributed by atoms with van der Waals surface area (Å²) >= 11 is 1.72. The van der Waals surface area contributed by atoms with Crippen molar-refractivity contribution in [3.05, 3.63) is 16.1 Å². The molecule has 1 rings (SSSR count). The van der Waals surface area contributed by atoms with Crippen LogP contribution in [0.5, 0.6) is 0 Å². The number of nitrogens with one attached hydrogen (secondary N) is 2. The molecule has 0 spiro atoms. The van der Waals surface area contributed by atoms with E-state index in [9.17, 15) is 0 Å². The summed E-state index contributed by atoms with van der Waals surface area (Å²) in [7, 11) is 0. The zero-order valence-corrected chi connectivity index (χ0v) is 12.3. The number of hydrazine groups is 1. The van der Waals surface area contributed by atoms with E-state index >= 15 is 0 Å². The van der Waals surface area contributed by atoms with Crippen molar-refractivity contribution in [2.75, 3.05) is 6.54 Å². The molecule has 0 saturated heterocycles. The van der Waals surface area contributed by atoms with Crippen LogP contribution < -0.4 is 16.6 Å². The molecule has 5 nitrogen and oxygen atoms in total. The highest BCUT2D eigenvalue weighted by atomic mass is 32.1. The summed E-state index contributed by atoms with van der Waals surface area (Å²) in [6, 6.07) is 0.109. The second-order valence-corrected chi connectivity index (χ2v) is 5.76. The lowest BCUT2D eigenvalue weighted by Gasteiger charge is -2.14. The Labute approximate surface area is 113 Å². The molecule has 1 heterocycles. The second-order valence-electron chi connectivity index (χ2n) is 4.61. The third-order valence-corrected chi connectivity index (χ3v) is 3.72. The predicted octanol–water partition coefficient (Wildman–Crippen LogP) is 1.83.